The van der Waals surface area contributed by atoms with Crippen LogP contribution in [0.15, 0.2) is 41.6 Å². The van der Waals surface area contributed by atoms with E-state index in [4.69, 9.17) is 4.74 Å². The minimum atomic E-state index is -0.489. The van der Waals surface area contributed by atoms with Gasteiger partial charge in [-0.1, -0.05) is 13.0 Å². The maximum absolute atomic E-state index is 10.7. The Morgan fingerprint density at radius 3 is 2.73 bits per heavy atom. The molecule has 0 amide bonds. The number of benzene rings is 1. The lowest BCUT2D eigenvalue weighted by molar-refractivity contribution is -0.385. The van der Waals surface area contributed by atoms with Crippen LogP contribution >= 0.6 is 0 Å². The Bertz CT molecular complexity index is 997. The Morgan fingerprint density at radius 1 is 1.37 bits per heavy atom. The van der Waals surface area contributed by atoms with Crippen molar-refractivity contribution in [1.29, 1.82) is 0 Å². The second-order valence-electron chi connectivity index (χ2n) is 7.77. The van der Waals surface area contributed by atoms with Crippen molar-refractivity contribution >= 4 is 29.0 Å². The minimum Gasteiger partial charge on any atom is -0.496 e. The molecule has 8 heteroatoms. The fraction of sp³-hybridized carbons (Fsp3) is 0.364. The van der Waals surface area contributed by atoms with E-state index >= 15 is 0 Å². The van der Waals surface area contributed by atoms with Crippen molar-refractivity contribution in [3.63, 3.8) is 0 Å². The largest absolute Gasteiger partial charge is 0.496 e. The van der Waals surface area contributed by atoms with Gasteiger partial charge in [0.2, 0.25) is 0 Å². The highest BCUT2D eigenvalue weighted by Crippen LogP contribution is 2.41. The highest BCUT2D eigenvalue weighted by molar-refractivity contribution is 5.91. The van der Waals surface area contributed by atoms with Crippen molar-refractivity contribution in [2.75, 3.05) is 24.0 Å². The molecule has 2 heterocycles. The van der Waals surface area contributed by atoms with Crippen LogP contribution < -0.4 is 15.1 Å². The third-order valence-electron chi connectivity index (χ3n) is 5.12. The van der Waals surface area contributed by atoms with Gasteiger partial charge in [-0.15, -0.1) is 0 Å². The van der Waals surface area contributed by atoms with Gasteiger partial charge in [-0.2, -0.15) is 5.10 Å². The number of fused-ring (bicyclic) bond motifs is 1. The van der Waals surface area contributed by atoms with Gasteiger partial charge in [0.15, 0.2) is 0 Å². The molecule has 0 radical (unpaired) electrons. The number of rotatable bonds is 7. The average Bonchev–Trinajstić information content (AvgIpc) is 2.71. The van der Waals surface area contributed by atoms with Crippen LogP contribution in [0.5, 0.6) is 5.75 Å². The SMILES string of the molecule is CCCN1c2cc(OC)c(/C=N\Nc3ccc([N+](=O)[O-])cn3)cc2C(C)=CC1(C)C. The summed E-state index contributed by atoms with van der Waals surface area (Å²) in [7, 11) is 1.64. The molecule has 0 fully saturated rings. The molecule has 3 rings (SSSR count). The predicted molar refractivity (Wildman–Crippen MR) is 120 cm³/mol. The smallest absolute Gasteiger partial charge is 0.287 e. The first kappa shape index (κ1) is 21.3. The van der Waals surface area contributed by atoms with Crippen LogP contribution in [0, 0.1) is 10.1 Å². The third-order valence-corrected chi connectivity index (χ3v) is 5.12. The van der Waals surface area contributed by atoms with E-state index in [-0.39, 0.29) is 11.2 Å². The van der Waals surface area contributed by atoms with Gasteiger partial charge >= 0.3 is 0 Å². The second-order valence-corrected chi connectivity index (χ2v) is 7.77. The van der Waals surface area contributed by atoms with Crippen molar-refractivity contribution in [3.8, 4) is 5.75 Å². The number of methoxy groups -OCH3 is 1. The predicted octanol–water partition coefficient (Wildman–Crippen LogP) is 4.86. The number of allylic oxidation sites excluding steroid dienone is 1. The fourth-order valence-electron chi connectivity index (χ4n) is 3.76. The first-order chi connectivity index (χ1) is 14.3. The van der Waals surface area contributed by atoms with Gasteiger partial charge in [0.1, 0.15) is 17.8 Å². The van der Waals surface area contributed by atoms with Crippen molar-refractivity contribution in [2.45, 2.75) is 39.7 Å². The number of pyridine rings is 1. The summed E-state index contributed by atoms with van der Waals surface area (Å²) >= 11 is 0. The van der Waals surface area contributed by atoms with Crippen LogP contribution in [0.2, 0.25) is 0 Å². The zero-order valence-corrected chi connectivity index (χ0v) is 18.0. The van der Waals surface area contributed by atoms with E-state index in [1.165, 1.54) is 23.9 Å². The van der Waals surface area contributed by atoms with Gasteiger partial charge in [0.05, 0.1) is 23.8 Å². The molecule has 1 aliphatic heterocycles. The van der Waals surface area contributed by atoms with Crippen molar-refractivity contribution in [2.24, 2.45) is 5.10 Å². The van der Waals surface area contributed by atoms with Gasteiger partial charge in [-0.25, -0.2) is 4.98 Å². The number of ether oxygens (including phenoxy) is 1. The third kappa shape index (κ3) is 4.27. The van der Waals surface area contributed by atoms with Gasteiger partial charge in [-0.3, -0.25) is 15.5 Å². The number of nitro groups is 1. The normalized spacial score (nSPS) is 15.0. The number of hydrazone groups is 1. The lowest BCUT2D eigenvalue weighted by Gasteiger charge is -2.43. The summed E-state index contributed by atoms with van der Waals surface area (Å²) in [6, 6.07) is 7.03. The molecule has 1 aromatic carbocycles. The molecule has 0 unspecified atom stereocenters. The van der Waals surface area contributed by atoms with E-state index in [9.17, 15) is 10.1 Å². The van der Waals surface area contributed by atoms with E-state index in [0.29, 0.717) is 5.82 Å². The maximum atomic E-state index is 10.7. The topological polar surface area (TPSA) is 92.9 Å². The Kier molecular flexibility index (Phi) is 6.05. The Balaban J connectivity index is 1.90. The number of hydrogen-bond donors (Lipinski definition) is 1. The zero-order chi connectivity index (χ0) is 21.9. The zero-order valence-electron chi connectivity index (χ0n) is 18.0. The first-order valence-electron chi connectivity index (χ1n) is 9.86. The van der Waals surface area contributed by atoms with E-state index in [1.54, 1.807) is 13.3 Å². The van der Waals surface area contributed by atoms with Crippen molar-refractivity contribution < 1.29 is 9.66 Å². The molecular weight excluding hydrogens is 382 g/mol. The number of hydrogen-bond acceptors (Lipinski definition) is 7. The average molecular weight is 409 g/mol. The van der Waals surface area contributed by atoms with Gasteiger partial charge in [0.25, 0.3) is 5.69 Å². The van der Waals surface area contributed by atoms with Crippen LogP contribution in [-0.4, -0.2) is 35.3 Å². The Labute approximate surface area is 176 Å². The molecule has 0 atom stereocenters. The molecule has 158 valence electrons. The van der Waals surface area contributed by atoms with Crippen molar-refractivity contribution in [1.82, 2.24) is 4.98 Å². The van der Waals surface area contributed by atoms with E-state index in [0.717, 1.165) is 35.5 Å². The van der Waals surface area contributed by atoms with Crippen LogP contribution in [0.4, 0.5) is 17.2 Å². The van der Waals surface area contributed by atoms with Crippen LogP contribution in [0.25, 0.3) is 5.57 Å². The summed E-state index contributed by atoms with van der Waals surface area (Å²) in [5.41, 5.74) is 7.01. The van der Waals surface area contributed by atoms with Crippen LogP contribution in [0.3, 0.4) is 0 Å². The molecule has 0 saturated heterocycles. The summed E-state index contributed by atoms with van der Waals surface area (Å²) in [6.45, 7) is 9.69. The minimum absolute atomic E-state index is 0.0669. The standard InChI is InChI=1S/C22H27N5O3/c1-6-9-26-19-11-20(30-5)16(10-18(19)15(2)12-22(26,3)4)13-24-25-21-8-7-17(14-23-21)27(28)29/h7-8,10-14H,6,9H2,1-5H3,(H,23,25)/b24-13-. The lowest BCUT2D eigenvalue weighted by Crippen LogP contribution is -2.45. The Hall–Kier alpha value is -3.42. The quantitative estimate of drug-likeness (QED) is 0.399. The molecule has 1 aliphatic rings. The monoisotopic (exact) mass is 409 g/mol. The molecule has 0 spiro atoms. The van der Waals surface area contributed by atoms with Gasteiger partial charge in [0, 0.05) is 35.5 Å². The molecule has 1 aromatic heterocycles. The van der Waals surface area contributed by atoms with Crippen LogP contribution in [-0.2, 0) is 0 Å². The van der Waals surface area contributed by atoms with E-state index < -0.39 is 4.92 Å². The van der Waals surface area contributed by atoms with Gasteiger partial charge in [-0.05, 0) is 44.9 Å². The van der Waals surface area contributed by atoms with Crippen molar-refractivity contribution in [3.05, 3.63) is 57.8 Å². The Morgan fingerprint density at radius 2 is 2.13 bits per heavy atom. The molecule has 0 bridgehead atoms. The van der Waals surface area contributed by atoms with E-state index in [1.807, 2.05) is 0 Å². The number of aromatic nitrogens is 1. The first-order valence-corrected chi connectivity index (χ1v) is 9.86. The number of nitrogens with zero attached hydrogens (tertiary/aromatic N) is 4. The summed E-state index contributed by atoms with van der Waals surface area (Å²) in [5.74, 6) is 1.14. The molecule has 30 heavy (non-hydrogen) atoms. The summed E-state index contributed by atoms with van der Waals surface area (Å²) in [4.78, 5) is 16.6. The number of anilines is 2. The van der Waals surface area contributed by atoms with Crippen LogP contribution in [0.1, 0.15) is 45.2 Å². The highest BCUT2D eigenvalue weighted by Gasteiger charge is 2.31. The summed E-state index contributed by atoms with van der Waals surface area (Å²) in [6.07, 6.45) is 6.19. The second kappa shape index (κ2) is 8.52. The molecule has 0 saturated carbocycles. The molecule has 2 aromatic rings. The molecular formula is C22H27N5O3. The summed E-state index contributed by atoms with van der Waals surface area (Å²) < 4.78 is 5.63. The summed E-state index contributed by atoms with van der Waals surface area (Å²) in [5, 5.41) is 15.0. The molecule has 1 N–H and O–H groups in total. The maximum Gasteiger partial charge on any atom is 0.287 e. The fourth-order valence-corrected chi connectivity index (χ4v) is 3.76. The molecule has 8 nitrogen and oxygen atoms in total. The van der Waals surface area contributed by atoms with Gasteiger partial charge < -0.3 is 9.64 Å². The lowest BCUT2D eigenvalue weighted by atomic mass is 9.87. The van der Waals surface area contributed by atoms with E-state index in [2.05, 4.69) is 66.3 Å². The molecule has 0 aliphatic carbocycles. The number of nitrogens with one attached hydrogen (secondary N) is 1. The highest BCUT2D eigenvalue weighted by atomic mass is 16.6.